The zero-order valence-electron chi connectivity index (χ0n) is 11.5. The van der Waals surface area contributed by atoms with E-state index in [0.717, 1.165) is 12.4 Å². The average molecular weight is 303 g/mol. The van der Waals surface area contributed by atoms with Gasteiger partial charge in [0.05, 0.1) is 18.8 Å². The predicted molar refractivity (Wildman–Crippen MR) is 66.3 cm³/mol. The first-order chi connectivity index (χ1) is 9.79. The molecule has 2 unspecified atom stereocenters. The lowest BCUT2D eigenvalue weighted by Crippen LogP contribution is -2.59. The largest absolute Gasteiger partial charge is 0.451 e. The quantitative estimate of drug-likeness (QED) is 0.844. The van der Waals surface area contributed by atoms with E-state index in [0.29, 0.717) is 31.6 Å². The maximum absolute atomic E-state index is 12.5. The number of ether oxygens (including phenoxy) is 1. The Morgan fingerprint density at radius 2 is 1.76 bits per heavy atom. The Bertz CT molecular complexity index is 506. The molecule has 1 N–H and O–H groups in total. The molecule has 0 spiro atoms. The third-order valence-electron chi connectivity index (χ3n) is 4.36. The summed E-state index contributed by atoms with van der Waals surface area (Å²) in [6.45, 7) is 1.02. The number of aromatic nitrogens is 2. The van der Waals surface area contributed by atoms with Gasteiger partial charge < -0.3 is 9.84 Å². The van der Waals surface area contributed by atoms with Crippen molar-refractivity contribution in [1.29, 1.82) is 0 Å². The van der Waals surface area contributed by atoms with Crippen LogP contribution in [0.5, 0.6) is 0 Å². The summed E-state index contributed by atoms with van der Waals surface area (Å²) in [5.74, 6) is -1.19. The second-order valence-electron chi connectivity index (χ2n) is 5.74. The molecule has 116 valence electrons. The summed E-state index contributed by atoms with van der Waals surface area (Å²) in [7, 11) is 1.97. The van der Waals surface area contributed by atoms with E-state index in [-0.39, 0.29) is 12.1 Å². The van der Waals surface area contributed by atoms with E-state index in [1.807, 2.05) is 7.05 Å². The highest BCUT2D eigenvalue weighted by Gasteiger charge is 2.46. The van der Waals surface area contributed by atoms with Crippen LogP contribution >= 0.6 is 0 Å². The molecule has 1 aromatic heterocycles. The molecule has 5 nitrogen and oxygen atoms in total. The summed E-state index contributed by atoms with van der Waals surface area (Å²) >= 11 is 0. The number of aliphatic hydroxyl groups is 1. The maximum atomic E-state index is 12.5. The number of morpholine rings is 1. The second-order valence-corrected chi connectivity index (χ2v) is 5.74. The van der Waals surface area contributed by atoms with Crippen molar-refractivity contribution >= 4 is 0 Å². The predicted octanol–water partition coefficient (Wildman–Crippen LogP) is 1.18. The third kappa shape index (κ3) is 2.63. The highest BCUT2D eigenvalue weighted by molar-refractivity contribution is 5.19. The lowest BCUT2D eigenvalue weighted by atomic mass is 9.78. The van der Waals surface area contributed by atoms with Gasteiger partial charge in [0.25, 0.3) is 0 Å². The number of likely N-dealkylation sites (N-methyl/N-ethyl adjacent to an activating group) is 1. The molecule has 0 radical (unpaired) electrons. The summed E-state index contributed by atoms with van der Waals surface area (Å²) in [5, 5.41) is 10.8. The minimum absolute atomic E-state index is 0.0461. The first-order valence-corrected chi connectivity index (χ1v) is 6.71. The second kappa shape index (κ2) is 4.89. The van der Waals surface area contributed by atoms with Crippen molar-refractivity contribution < 1.29 is 23.0 Å². The molecule has 3 heterocycles. The minimum Gasteiger partial charge on any atom is -0.385 e. The van der Waals surface area contributed by atoms with E-state index < -0.39 is 17.6 Å². The van der Waals surface area contributed by atoms with Gasteiger partial charge in [0.15, 0.2) is 0 Å². The van der Waals surface area contributed by atoms with Gasteiger partial charge in [-0.1, -0.05) is 0 Å². The van der Waals surface area contributed by atoms with Crippen LogP contribution in [-0.2, 0) is 16.5 Å². The molecule has 0 aliphatic carbocycles. The van der Waals surface area contributed by atoms with Gasteiger partial charge in [-0.15, -0.1) is 0 Å². The van der Waals surface area contributed by atoms with E-state index in [4.69, 9.17) is 4.74 Å². The number of hydrogen-bond acceptors (Lipinski definition) is 5. The molecule has 2 aliphatic rings. The van der Waals surface area contributed by atoms with E-state index >= 15 is 0 Å². The molecular weight excluding hydrogens is 287 g/mol. The van der Waals surface area contributed by atoms with Gasteiger partial charge in [-0.2, -0.15) is 13.2 Å². The normalized spacial score (nSPS) is 34.0. The summed E-state index contributed by atoms with van der Waals surface area (Å²) in [6, 6.07) is 0.0922. The fraction of sp³-hybridized carbons (Fsp3) is 0.692. The highest BCUT2D eigenvalue weighted by atomic mass is 19.4. The van der Waals surface area contributed by atoms with Gasteiger partial charge in [0.1, 0.15) is 0 Å². The standard InChI is InChI=1S/C13H16F3N3O2/c1-19-9-2-12(20,3-10(19)7-21-6-9)8-4-17-11(18-5-8)13(14,15)16/h4-5,9-10,20H,2-3,6-7H2,1H3. The lowest BCUT2D eigenvalue weighted by Gasteiger charge is -2.50. The summed E-state index contributed by atoms with van der Waals surface area (Å²) in [5.41, 5.74) is -0.865. The van der Waals surface area contributed by atoms with E-state index in [1.165, 1.54) is 0 Å². The van der Waals surface area contributed by atoms with Crippen molar-refractivity contribution in [3.8, 4) is 0 Å². The summed E-state index contributed by atoms with van der Waals surface area (Å²) in [4.78, 5) is 8.84. The highest BCUT2D eigenvalue weighted by Crippen LogP contribution is 2.40. The molecule has 0 saturated carbocycles. The van der Waals surface area contributed by atoms with Crippen LogP contribution in [0.25, 0.3) is 0 Å². The Morgan fingerprint density at radius 1 is 1.24 bits per heavy atom. The number of fused-ring (bicyclic) bond motifs is 2. The van der Waals surface area contributed by atoms with Gasteiger partial charge in [0.2, 0.25) is 5.82 Å². The van der Waals surface area contributed by atoms with Crippen molar-refractivity contribution in [1.82, 2.24) is 14.9 Å². The Balaban J connectivity index is 1.86. The Morgan fingerprint density at radius 3 is 2.24 bits per heavy atom. The van der Waals surface area contributed by atoms with Crippen LogP contribution in [0.1, 0.15) is 24.2 Å². The van der Waals surface area contributed by atoms with Crippen molar-refractivity contribution in [3.63, 3.8) is 0 Å². The number of halogens is 3. The van der Waals surface area contributed by atoms with Crippen LogP contribution < -0.4 is 0 Å². The van der Waals surface area contributed by atoms with Gasteiger partial charge >= 0.3 is 6.18 Å². The van der Waals surface area contributed by atoms with Crippen molar-refractivity contribution in [2.45, 2.75) is 36.7 Å². The number of hydrogen-bond donors (Lipinski definition) is 1. The van der Waals surface area contributed by atoms with Crippen LogP contribution in [0, 0.1) is 0 Å². The van der Waals surface area contributed by atoms with E-state index in [1.54, 1.807) is 0 Å². The fourth-order valence-electron chi connectivity index (χ4n) is 3.09. The number of piperidine rings is 1. The molecule has 0 aromatic carbocycles. The van der Waals surface area contributed by atoms with Crippen LogP contribution in [0.15, 0.2) is 12.4 Å². The number of rotatable bonds is 1. The van der Waals surface area contributed by atoms with Crippen LogP contribution in [0.4, 0.5) is 13.2 Å². The van der Waals surface area contributed by atoms with Gasteiger partial charge in [0, 0.05) is 30.0 Å². The monoisotopic (exact) mass is 303 g/mol. The molecule has 3 rings (SSSR count). The van der Waals surface area contributed by atoms with Gasteiger partial charge in [-0.05, 0) is 19.9 Å². The number of nitrogens with zero attached hydrogens (tertiary/aromatic N) is 3. The smallest absolute Gasteiger partial charge is 0.385 e. The zero-order valence-corrected chi connectivity index (χ0v) is 11.5. The summed E-state index contributed by atoms with van der Waals surface area (Å²) in [6.07, 6.45) is -1.61. The molecule has 1 aromatic rings. The molecule has 8 heteroatoms. The van der Waals surface area contributed by atoms with E-state index in [2.05, 4.69) is 14.9 Å². The topological polar surface area (TPSA) is 58.5 Å². The Kier molecular flexibility index (Phi) is 3.42. The first kappa shape index (κ1) is 14.7. The van der Waals surface area contributed by atoms with Crippen LogP contribution in [0.3, 0.4) is 0 Å². The van der Waals surface area contributed by atoms with Gasteiger partial charge in [-0.3, -0.25) is 4.90 Å². The Labute approximate surface area is 119 Å². The van der Waals surface area contributed by atoms with Crippen LogP contribution in [0.2, 0.25) is 0 Å². The maximum Gasteiger partial charge on any atom is 0.451 e. The molecule has 2 aliphatic heterocycles. The van der Waals surface area contributed by atoms with Crippen molar-refractivity contribution in [2.75, 3.05) is 20.3 Å². The van der Waals surface area contributed by atoms with Gasteiger partial charge in [-0.25, -0.2) is 9.97 Å². The lowest BCUT2D eigenvalue weighted by molar-refractivity contribution is -0.146. The van der Waals surface area contributed by atoms with Crippen molar-refractivity contribution in [2.24, 2.45) is 0 Å². The van der Waals surface area contributed by atoms with E-state index in [9.17, 15) is 18.3 Å². The SMILES string of the molecule is CN1C2COCC1CC(O)(c1cnc(C(F)(F)F)nc1)C2. The molecule has 2 fully saturated rings. The molecule has 2 saturated heterocycles. The van der Waals surface area contributed by atoms with Crippen LogP contribution in [-0.4, -0.2) is 52.3 Å². The third-order valence-corrected chi connectivity index (χ3v) is 4.36. The summed E-state index contributed by atoms with van der Waals surface area (Å²) < 4.78 is 42.9. The van der Waals surface area contributed by atoms with Crippen molar-refractivity contribution in [3.05, 3.63) is 23.8 Å². The Hall–Kier alpha value is -1.25. The zero-order chi connectivity index (χ0) is 15.3. The first-order valence-electron chi connectivity index (χ1n) is 6.71. The fourth-order valence-corrected chi connectivity index (χ4v) is 3.09. The molecule has 2 bridgehead atoms. The molecule has 0 amide bonds. The molecule has 21 heavy (non-hydrogen) atoms. The minimum atomic E-state index is -4.57. The average Bonchev–Trinajstić information content (AvgIpc) is 2.40. The molecular formula is C13H16F3N3O2. The molecule has 2 atom stereocenters. The number of alkyl halides is 3.